The van der Waals surface area contributed by atoms with E-state index in [1.165, 1.54) is 35.0 Å². The quantitative estimate of drug-likeness (QED) is 0.359. The van der Waals surface area contributed by atoms with Crippen LogP contribution in [0, 0.1) is 29.5 Å². The van der Waals surface area contributed by atoms with Crippen molar-refractivity contribution in [1.82, 2.24) is 19.5 Å². The normalized spacial score (nSPS) is 22.3. The Morgan fingerprint density at radius 2 is 1.87 bits per heavy atom. The van der Waals surface area contributed by atoms with Crippen LogP contribution in [0.1, 0.15) is 50.1 Å². The summed E-state index contributed by atoms with van der Waals surface area (Å²) in [6, 6.07) is 14.2. The second-order valence-corrected chi connectivity index (χ2v) is 13.7. The van der Waals surface area contributed by atoms with Crippen LogP contribution in [0.4, 0.5) is 4.39 Å². The fourth-order valence-corrected chi connectivity index (χ4v) is 9.01. The molecule has 2 aromatic carbocycles. The first-order valence-electron chi connectivity index (χ1n) is 12.9. The molecular weight excluding hydrogens is 523 g/mol. The van der Waals surface area contributed by atoms with Crippen molar-refractivity contribution in [2.75, 3.05) is 12.3 Å². The fraction of sp³-hybridized carbons (Fsp3) is 0.464. The number of rotatable bonds is 10. The molecule has 2 atom stereocenters. The zero-order valence-corrected chi connectivity index (χ0v) is 23.5. The van der Waals surface area contributed by atoms with Crippen LogP contribution in [-0.4, -0.2) is 41.3 Å². The topological polar surface area (TPSA) is 94.0 Å². The molecule has 1 N–H and O–H groups in total. The van der Waals surface area contributed by atoms with Crippen LogP contribution in [-0.2, 0) is 27.0 Å². The van der Waals surface area contributed by atoms with Crippen LogP contribution in [0.25, 0.3) is 5.69 Å². The predicted octanol–water partition coefficient (Wildman–Crippen LogP) is 4.86. The fourth-order valence-electron chi connectivity index (χ4n) is 6.12. The van der Waals surface area contributed by atoms with Gasteiger partial charge in [0, 0.05) is 36.2 Å². The Bertz CT molecular complexity index is 1450. The number of carbonyl (C=O) groups excluding carboxylic acids is 1. The summed E-state index contributed by atoms with van der Waals surface area (Å²) in [7, 11) is -3.69. The van der Waals surface area contributed by atoms with Gasteiger partial charge in [0.25, 0.3) is 0 Å². The van der Waals surface area contributed by atoms with E-state index in [4.69, 9.17) is 0 Å². The van der Waals surface area contributed by atoms with Crippen LogP contribution in [0.15, 0.2) is 53.7 Å². The van der Waals surface area contributed by atoms with Crippen LogP contribution in [0.5, 0.6) is 0 Å². The zero-order valence-electron chi connectivity index (χ0n) is 21.9. The first-order chi connectivity index (χ1) is 18.0. The summed E-state index contributed by atoms with van der Waals surface area (Å²) in [5.41, 5.74) is 1.94. The number of aromatic nitrogens is 3. The number of benzene rings is 2. The average molecular weight is 557 g/mol. The van der Waals surface area contributed by atoms with Gasteiger partial charge in [0.05, 0.1) is 5.75 Å². The molecule has 0 spiro atoms. The van der Waals surface area contributed by atoms with E-state index < -0.39 is 15.4 Å². The number of hydrogen-bond acceptors (Lipinski definition) is 6. The van der Waals surface area contributed by atoms with Crippen LogP contribution in [0.3, 0.4) is 0 Å². The third-order valence-corrected chi connectivity index (χ3v) is 11.1. The zero-order chi connectivity index (χ0) is 27.1. The second kappa shape index (κ2) is 10.2. The minimum atomic E-state index is -3.69. The largest absolute Gasteiger partial charge is 0.299 e. The molecule has 10 heteroatoms. The van der Waals surface area contributed by atoms with Gasteiger partial charge in [-0.15, -0.1) is 10.2 Å². The van der Waals surface area contributed by atoms with Crippen molar-refractivity contribution < 1.29 is 17.6 Å². The molecule has 2 aliphatic rings. The van der Waals surface area contributed by atoms with E-state index >= 15 is 0 Å². The molecule has 1 heterocycles. The van der Waals surface area contributed by atoms with Crippen LogP contribution in [0.2, 0.25) is 0 Å². The summed E-state index contributed by atoms with van der Waals surface area (Å²) in [5.74, 6) is 1.08. The third-order valence-electron chi connectivity index (χ3n) is 8.65. The number of nitrogens with zero attached hydrogens (tertiary/aromatic N) is 3. The van der Waals surface area contributed by atoms with E-state index in [9.17, 15) is 17.6 Å². The Kier molecular flexibility index (Phi) is 7.26. The number of Topliss-reactive ketones (excluding diaryl/α,β-unsaturated/α-hetero) is 1. The first-order valence-corrected chi connectivity index (χ1v) is 15.5. The number of thioether (sulfide) groups is 1. The molecule has 0 saturated heterocycles. The van der Waals surface area contributed by atoms with Gasteiger partial charge in [-0.1, -0.05) is 49.9 Å². The van der Waals surface area contributed by atoms with Crippen molar-refractivity contribution in [2.24, 2.45) is 16.7 Å². The Morgan fingerprint density at radius 3 is 2.53 bits per heavy atom. The maximum atomic E-state index is 13.6. The van der Waals surface area contributed by atoms with Crippen molar-refractivity contribution in [3.63, 3.8) is 0 Å². The van der Waals surface area contributed by atoms with E-state index in [1.807, 2.05) is 30.5 Å². The number of carbonyl (C=O) groups is 1. The highest BCUT2D eigenvalue weighted by Gasteiger charge is 2.65. The maximum absolute atomic E-state index is 13.6. The lowest BCUT2D eigenvalue weighted by molar-refractivity contribution is -0.128. The minimum absolute atomic E-state index is 0.0792. The molecule has 2 fully saturated rings. The lowest BCUT2D eigenvalue weighted by Crippen LogP contribution is -2.45. The lowest BCUT2D eigenvalue weighted by Gasteiger charge is -2.36. The van der Waals surface area contributed by atoms with E-state index in [1.54, 1.807) is 12.1 Å². The standard InChI is InChI=1S/C28H33FN4O3S2/c1-19-6-4-5-7-20(19)17-37-26-32-31-25(33(26)23-10-8-22(29)9-11-23)13-15-30-38(35,36)18-28-14-12-21(16-24(28)34)27(28,2)3/h4-11,21,30H,12-18H2,1-3H3/t21-,28-/m1/s1. The molecule has 0 unspecified atom stereocenters. The van der Waals surface area contributed by atoms with Gasteiger partial charge in [-0.2, -0.15) is 0 Å². The van der Waals surface area contributed by atoms with Gasteiger partial charge in [-0.25, -0.2) is 17.5 Å². The third kappa shape index (κ3) is 4.94. The van der Waals surface area contributed by atoms with Crippen LogP contribution < -0.4 is 4.72 Å². The first kappa shape index (κ1) is 27.0. The Balaban J connectivity index is 1.32. The summed E-state index contributed by atoms with van der Waals surface area (Å²) in [5, 5.41) is 9.38. The number of halogens is 1. The predicted molar refractivity (Wildman–Crippen MR) is 146 cm³/mol. The van der Waals surface area contributed by atoms with E-state index in [0.717, 1.165) is 6.42 Å². The summed E-state index contributed by atoms with van der Waals surface area (Å²) >= 11 is 1.52. The molecule has 0 radical (unpaired) electrons. The average Bonchev–Trinajstić information content (AvgIpc) is 3.43. The lowest BCUT2D eigenvalue weighted by atomic mass is 9.70. The molecule has 2 bridgehead atoms. The Morgan fingerprint density at radius 1 is 1.13 bits per heavy atom. The van der Waals surface area contributed by atoms with Crippen molar-refractivity contribution in [2.45, 2.75) is 57.4 Å². The van der Waals surface area contributed by atoms with Gasteiger partial charge in [-0.3, -0.25) is 9.36 Å². The molecule has 0 aliphatic heterocycles. The molecule has 202 valence electrons. The molecule has 5 rings (SSSR count). The molecule has 0 amide bonds. The molecule has 38 heavy (non-hydrogen) atoms. The maximum Gasteiger partial charge on any atom is 0.212 e. The molecule has 2 aliphatic carbocycles. The van der Waals surface area contributed by atoms with Gasteiger partial charge in [0.2, 0.25) is 10.0 Å². The van der Waals surface area contributed by atoms with Crippen molar-refractivity contribution in [1.29, 1.82) is 0 Å². The van der Waals surface area contributed by atoms with Gasteiger partial charge in [-0.05, 0) is 66.5 Å². The summed E-state index contributed by atoms with van der Waals surface area (Å²) < 4.78 is 44.5. The van der Waals surface area contributed by atoms with E-state index in [0.29, 0.717) is 41.7 Å². The van der Waals surface area contributed by atoms with Crippen molar-refractivity contribution in [3.8, 4) is 5.69 Å². The minimum Gasteiger partial charge on any atom is -0.299 e. The van der Waals surface area contributed by atoms with E-state index in [-0.39, 0.29) is 35.2 Å². The number of hydrogen-bond donors (Lipinski definition) is 1. The number of ketones is 1. The summed E-state index contributed by atoms with van der Waals surface area (Å²) in [6.45, 7) is 6.25. The van der Waals surface area contributed by atoms with Crippen molar-refractivity contribution >= 4 is 27.6 Å². The summed E-state index contributed by atoms with van der Waals surface area (Å²) in [6.07, 6.45) is 2.30. The van der Waals surface area contributed by atoms with E-state index in [2.05, 4.69) is 34.0 Å². The van der Waals surface area contributed by atoms with Gasteiger partial charge >= 0.3 is 0 Å². The highest BCUT2D eigenvalue weighted by Crippen LogP contribution is 2.64. The Labute approximate surface area is 227 Å². The smallest absolute Gasteiger partial charge is 0.212 e. The monoisotopic (exact) mass is 556 g/mol. The number of aryl methyl sites for hydroxylation is 1. The molecule has 3 aromatic rings. The van der Waals surface area contributed by atoms with Crippen molar-refractivity contribution in [3.05, 3.63) is 71.3 Å². The summed E-state index contributed by atoms with van der Waals surface area (Å²) in [4.78, 5) is 12.8. The number of sulfonamides is 1. The molecular formula is C28H33FN4O3S2. The van der Waals surface area contributed by atoms with Gasteiger partial charge in [0.1, 0.15) is 17.4 Å². The molecule has 7 nitrogen and oxygen atoms in total. The highest BCUT2D eigenvalue weighted by molar-refractivity contribution is 7.98. The van der Waals surface area contributed by atoms with Crippen LogP contribution >= 0.6 is 11.8 Å². The number of fused-ring (bicyclic) bond motifs is 2. The highest BCUT2D eigenvalue weighted by atomic mass is 32.2. The molecule has 2 saturated carbocycles. The Hall–Kier alpha value is -2.56. The molecule has 1 aromatic heterocycles. The second-order valence-electron chi connectivity index (χ2n) is 11.0. The van der Waals surface area contributed by atoms with Gasteiger partial charge in [0.15, 0.2) is 5.16 Å². The SMILES string of the molecule is Cc1ccccc1CSc1nnc(CCNS(=O)(=O)C[C@]23CC[C@H](CC2=O)C3(C)C)n1-c1ccc(F)cc1. The van der Waals surface area contributed by atoms with Gasteiger partial charge < -0.3 is 0 Å². The number of nitrogens with one attached hydrogen (secondary N) is 1.